The van der Waals surface area contributed by atoms with Gasteiger partial charge >= 0.3 is 0 Å². The van der Waals surface area contributed by atoms with E-state index in [1.54, 1.807) is 0 Å². The molecule has 0 fully saturated rings. The quantitative estimate of drug-likeness (QED) is 0.713. The second-order valence-electron chi connectivity index (χ2n) is 2.25. The number of rotatable bonds is 0. The van der Waals surface area contributed by atoms with Crippen molar-refractivity contribution in [2.24, 2.45) is 0 Å². The van der Waals surface area contributed by atoms with Gasteiger partial charge in [-0.2, -0.15) is 0 Å². The van der Waals surface area contributed by atoms with Crippen molar-refractivity contribution in [3.63, 3.8) is 0 Å². The minimum Gasteiger partial charge on any atom is -0.489 e. The third-order valence-electron chi connectivity index (χ3n) is 1.55. The van der Waals surface area contributed by atoms with Crippen molar-refractivity contribution in [1.82, 2.24) is 0 Å². The molecule has 1 aromatic rings. The van der Waals surface area contributed by atoms with Crippen LogP contribution in [0, 0.1) is 37.3 Å². The molecular formula is C9H8ErO. The Kier molecular flexibility index (Phi) is 3.42. The molecule has 0 radical (unpaired) electrons. The van der Waals surface area contributed by atoms with Gasteiger partial charge in [0.05, 0.1) is 0 Å². The summed E-state index contributed by atoms with van der Waals surface area (Å²) in [5, 5.41) is 0. The van der Waals surface area contributed by atoms with E-state index in [0.717, 1.165) is 5.75 Å². The average molecular weight is 299 g/mol. The first-order valence-corrected chi connectivity index (χ1v) is 3.35. The summed E-state index contributed by atoms with van der Waals surface area (Å²) in [4.78, 5) is 0. The van der Waals surface area contributed by atoms with Gasteiger partial charge in [0.2, 0.25) is 0 Å². The molecule has 11 heavy (non-hydrogen) atoms. The SMILES string of the molecule is C1=Cc2ccccc2OC1.[Er]. The average Bonchev–Trinajstić information content (AvgIpc) is 2.05. The van der Waals surface area contributed by atoms with Crippen LogP contribution in [0.15, 0.2) is 30.3 Å². The monoisotopic (exact) mass is 298 g/mol. The number of ether oxygens (including phenoxy) is 1. The van der Waals surface area contributed by atoms with E-state index in [4.69, 9.17) is 4.74 Å². The molecule has 2 rings (SSSR count). The minimum absolute atomic E-state index is 0. The van der Waals surface area contributed by atoms with Crippen LogP contribution >= 0.6 is 0 Å². The predicted octanol–water partition coefficient (Wildman–Crippen LogP) is 2.09. The van der Waals surface area contributed by atoms with Gasteiger partial charge in [-0.3, -0.25) is 0 Å². The van der Waals surface area contributed by atoms with Crippen molar-refractivity contribution in [3.8, 4) is 5.75 Å². The van der Waals surface area contributed by atoms with Crippen LogP contribution in [0.2, 0.25) is 0 Å². The first-order chi connectivity index (χ1) is 4.97. The summed E-state index contributed by atoms with van der Waals surface area (Å²) in [6, 6.07) is 8.03. The number of para-hydroxylation sites is 1. The van der Waals surface area contributed by atoms with E-state index in [1.165, 1.54) is 5.56 Å². The fourth-order valence-electron chi connectivity index (χ4n) is 1.06. The smallest absolute Gasteiger partial charge is 0.126 e. The van der Waals surface area contributed by atoms with E-state index in [2.05, 4.69) is 6.08 Å². The second kappa shape index (κ2) is 4.14. The van der Waals surface area contributed by atoms with Crippen molar-refractivity contribution in [2.75, 3.05) is 6.61 Å². The van der Waals surface area contributed by atoms with Crippen LogP contribution in [0.4, 0.5) is 0 Å². The molecule has 62 valence electrons. The maximum absolute atomic E-state index is 5.34. The van der Waals surface area contributed by atoms with E-state index in [1.807, 2.05) is 30.3 Å². The Bertz CT molecular complexity index is 268. The molecule has 0 aliphatic carbocycles. The van der Waals surface area contributed by atoms with Crippen molar-refractivity contribution in [1.29, 1.82) is 0 Å². The molecule has 0 atom stereocenters. The topological polar surface area (TPSA) is 9.23 Å². The Morgan fingerprint density at radius 3 is 2.82 bits per heavy atom. The van der Waals surface area contributed by atoms with Crippen LogP contribution in [0.25, 0.3) is 6.08 Å². The van der Waals surface area contributed by atoms with Crippen LogP contribution in [-0.2, 0) is 0 Å². The summed E-state index contributed by atoms with van der Waals surface area (Å²) in [6.45, 7) is 0.705. The zero-order valence-electron chi connectivity index (χ0n) is 5.87. The van der Waals surface area contributed by atoms with Gasteiger partial charge in [0.1, 0.15) is 12.4 Å². The number of hydrogen-bond acceptors (Lipinski definition) is 1. The van der Waals surface area contributed by atoms with E-state index < -0.39 is 0 Å². The second-order valence-corrected chi connectivity index (χ2v) is 2.25. The van der Waals surface area contributed by atoms with Crippen LogP contribution in [-0.4, -0.2) is 6.61 Å². The van der Waals surface area contributed by atoms with Gasteiger partial charge < -0.3 is 4.74 Å². The van der Waals surface area contributed by atoms with Gasteiger partial charge in [0.15, 0.2) is 0 Å². The zero-order chi connectivity index (χ0) is 6.81. The molecule has 0 aromatic heterocycles. The largest absolute Gasteiger partial charge is 0.489 e. The molecule has 0 unspecified atom stereocenters. The Morgan fingerprint density at radius 1 is 1.18 bits per heavy atom. The molecule has 1 aromatic carbocycles. The molecule has 0 amide bonds. The molecule has 0 saturated heterocycles. The van der Waals surface area contributed by atoms with E-state index in [0.29, 0.717) is 6.61 Å². The summed E-state index contributed by atoms with van der Waals surface area (Å²) in [5.74, 6) is 0.991. The molecule has 1 heterocycles. The molecule has 0 N–H and O–H groups in total. The molecule has 1 aliphatic rings. The molecule has 1 aliphatic heterocycles. The number of benzene rings is 1. The Balaban J connectivity index is 0.000000605. The van der Waals surface area contributed by atoms with Gasteiger partial charge in [0, 0.05) is 42.9 Å². The van der Waals surface area contributed by atoms with Crippen molar-refractivity contribution >= 4 is 6.08 Å². The zero-order valence-corrected chi connectivity index (χ0v) is 7.72. The van der Waals surface area contributed by atoms with Crippen LogP contribution in [0.3, 0.4) is 0 Å². The predicted molar refractivity (Wildman–Crippen MR) is 41.0 cm³/mol. The third kappa shape index (κ3) is 1.98. The number of fused-ring (bicyclic) bond motifs is 1. The van der Waals surface area contributed by atoms with Gasteiger partial charge in [-0.25, -0.2) is 0 Å². The third-order valence-corrected chi connectivity index (χ3v) is 1.55. The normalized spacial score (nSPS) is 12.7. The first-order valence-electron chi connectivity index (χ1n) is 3.35. The maximum atomic E-state index is 5.34. The Hall–Kier alpha value is 0.00675. The molecular weight excluding hydrogens is 291 g/mol. The number of hydrogen-bond donors (Lipinski definition) is 0. The van der Waals surface area contributed by atoms with Crippen LogP contribution < -0.4 is 4.74 Å². The maximum Gasteiger partial charge on any atom is 0.126 e. The molecule has 1 nitrogen and oxygen atoms in total. The summed E-state index contributed by atoms with van der Waals surface area (Å²) >= 11 is 0. The van der Waals surface area contributed by atoms with Crippen molar-refractivity contribution in [3.05, 3.63) is 35.9 Å². The summed E-state index contributed by atoms with van der Waals surface area (Å²) in [6.07, 6.45) is 4.10. The summed E-state index contributed by atoms with van der Waals surface area (Å²) in [5.41, 5.74) is 1.17. The minimum atomic E-state index is 0. The van der Waals surface area contributed by atoms with E-state index in [9.17, 15) is 0 Å². The fraction of sp³-hybridized carbons (Fsp3) is 0.111. The van der Waals surface area contributed by atoms with Gasteiger partial charge in [-0.05, 0) is 12.1 Å². The summed E-state index contributed by atoms with van der Waals surface area (Å²) in [7, 11) is 0. The fourth-order valence-corrected chi connectivity index (χ4v) is 1.06. The molecule has 2 heteroatoms. The molecule has 0 bridgehead atoms. The van der Waals surface area contributed by atoms with E-state index >= 15 is 0 Å². The van der Waals surface area contributed by atoms with Crippen molar-refractivity contribution < 1.29 is 42.0 Å². The van der Waals surface area contributed by atoms with Gasteiger partial charge in [-0.15, -0.1) is 0 Å². The molecule has 0 spiro atoms. The standard InChI is InChI=1S/C9H8O.Er/c1-2-6-9-8(4-1)5-3-7-10-9;/h1-6H,7H2;. The Morgan fingerprint density at radius 2 is 2.00 bits per heavy atom. The van der Waals surface area contributed by atoms with Gasteiger partial charge in [-0.1, -0.05) is 24.3 Å². The molecule has 0 saturated carbocycles. The Labute approximate surface area is 95.7 Å². The van der Waals surface area contributed by atoms with E-state index in [-0.39, 0.29) is 37.3 Å². The van der Waals surface area contributed by atoms with Crippen LogP contribution in [0.1, 0.15) is 5.56 Å². The van der Waals surface area contributed by atoms with Crippen molar-refractivity contribution in [2.45, 2.75) is 0 Å². The van der Waals surface area contributed by atoms with Crippen LogP contribution in [0.5, 0.6) is 5.75 Å². The summed E-state index contributed by atoms with van der Waals surface area (Å²) < 4.78 is 5.34. The first kappa shape index (κ1) is 9.10. The van der Waals surface area contributed by atoms with Gasteiger partial charge in [0.25, 0.3) is 0 Å².